The van der Waals surface area contributed by atoms with Crippen molar-refractivity contribution in [1.82, 2.24) is 5.32 Å². The largest absolute Gasteiger partial charge is 0.497 e. The lowest BCUT2D eigenvalue weighted by atomic mass is 10.0. The van der Waals surface area contributed by atoms with Gasteiger partial charge in [-0.05, 0) is 49.6 Å². The molecule has 0 saturated carbocycles. The van der Waals surface area contributed by atoms with Crippen LogP contribution in [0.2, 0.25) is 0 Å². The van der Waals surface area contributed by atoms with Crippen LogP contribution in [0.15, 0.2) is 23.1 Å². The Morgan fingerprint density at radius 3 is 3.06 bits per heavy atom. The Kier molecular flexibility index (Phi) is 4.78. The van der Waals surface area contributed by atoms with Gasteiger partial charge in [0.05, 0.1) is 17.9 Å². The van der Waals surface area contributed by atoms with Crippen LogP contribution in [0, 0.1) is 0 Å². The summed E-state index contributed by atoms with van der Waals surface area (Å²) in [6, 6.07) is 6.20. The van der Waals surface area contributed by atoms with Gasteiger partial charge in [-0.3, -0.25) is 4.21 Å². The summed E-state index contributed by atoms with van der Waals surface area (Å²) in [4.78, 5) is 0.974. The highest BCUT2D eigenvalue weighted by Gasteiger charge is 2.22. The molecule has 0 radical (unpaired) electrons. The average Bonchev–Trinajstić information content (AvgIpc) is 2.56. The number of nitrogens with one attached hydrogen (secondary N) is 1. The van der Waals surface area contributed by atoms with Gasteiger partial charge in [0.15, 0.2) is 0 Å². The lowest BCUT2D eigenvalue weighted by Gasteiger charge is -2.19. The Balaban J connectivity index is 2.35. The minimum Gasteiger partial charge on any atom is -0.497 e. The zero-order valence-corrected chi connectivity index (χ0v) is 11.9. The fourth-order valence-corrected chi connectivity index (χ4v) is 3.68. The standard InChI is InChI=1S/C14H21NO2S/c1-3-8-15-13-5-4-9-18(16)14-7-6-11(17-2)10-12(13)14/h6-7,10,13,15H,3-5,8-9H2,1-2H3. The van der Waals surface area contributed by atoms with Gasteiger partial charge in [0, 0.05) is 16.7 Å². The molecule has 1 aliphatic heterocycles. The van der Waals surface area contributed by atoms with Gasteiger partial charge in [-0.2, -0.15) is 0 Å². The Bertz CT molecular complexity index is 434. The van der Waals surface area contributed by atoms with Crippen molar-refractivity contribution in [2.45, 2.75) is 37.1 Å². The van der Waals surface area contributed by atoms with Crippen LogP contribution in [0.3, 0.4) is 0 Å². The van der Waals surface area contributed by atoms with Crippen molar-refractivity contribution in [1.29, 1.82) is 0 Å². The molecular formula is C14H21NO2S. The summed E-state index contributed by atoms with van der Waals surface area (Å²) in [5, 5.41) is 3.55. The van der Waals surface area contributed by atoms with Gasteiger partial charge in [-0.15, -0.1) is 0 Å². The number of benzene rings is 1. The number of hydrogen-bond acceptors (Lipinski definition) is 3. The van der Waals surface area contributed by atoms with Crippen LogP contribution >= 0.6 is 0 Å². The quantitative estimate of drug-likeness (QED) is 0.911. The second-order valence-electron chi connectivity index (χ2n) is 4.60. The molecule has 18 heavy (non-hydrogen) atoms. The minimum atomic E-state index is -0.865. The highest BCUT2D eigenvalue weighted by atomic mass is 32.2. The van der Waals surface area contributed by atoms with E-state index >= 15 is 0 Å². The summed E-state index contributed by atoms with van der Waals surface area (Å²) in [6.07, 6.45) is 3.16. The number of rotatable bonds is 4. The van der Waals surface area contributed by atoms with Crippen molar-refractivity contribution < 1.29 is 8.95 Å². The van der Waals surface area contributed by atoms with Gasteiger partial charge in [0.1, 0.15) is 5.75 Å². The van der Waals surface area contributed by atoms with E-state index in [1.807, 2.05) is 18.2 Å². The first-order chi connectivity index (χ1) is 8.76. The van der Waals surface area contributed by atoms with E-state index in [4.69, 9.17) is 4.74 Å². The maximum atomic E-state index is 12.2. The highest BCUT2D eigenvalue weighted by Crippen LogP contribution is 2.32. The van der Waals surface area contributed by atoms with Crippen molar-refractivity contribution >= 4 is 10.8 Å². The molecule has 100 valence electrons. The van der Waals surface area contributed by atoms with Gasteiger partial charge in [0.25, 0.3) is 0 Å². The highest BCUT2D eigenvalue weighted by molar-refractivity contribution is 7.85. The van der Waals surface area contributed by atoms with Gasteiger partial charge < -0.3 is 10.1 Å². The maximum Gasteiger partial charge on any atom is 0.119 e. The molecule has 0 bridgehead atoms. The molecule has 0 aromatic heterocycles. The third-order valence-corrected chi connectivity index (χ3v) is 4.82. The molecule has 0 aliphatic carbocycles. The maximum absolute atomic E-state index is 12.2. The first kappa shape index (κ1) is 13.6. The number of ether oxygens (including phenoxy) is 1. The molecule has 0 amide bonds. The van der Waals surface area contributed by atoms with E-state index in [0.717, 1.165) is 47.8 Å². The minimum absolute atomic E-state index is 0.307. The van der Waals surface area contributed by atoms with E-state index in [0.29, 0.717) is 6.04 Å². The average molecular weight is 267 g/mol. The van der Waals surface area contributed by atoms with E-state index in [1.165, 1.54) is 0 Å². The second-order valence-corrected chi connectivity index (χ2v) is 6.14. The molecule has 1 aliphatic rings. The monoisotopic (exact) mass is 267 g/mol. The molecule has 3 nitrogen and oxygen atoms in total. The molecule has 2 atom stereocenters. The van der Waals surface area contributed by atoms with Crippen molar-refractivity contribution in [3.8, 4) is 5.75 Å². The van der Waals surface area contributed by atoms with Crippen LogP contribution in [0.4, 0.5) is 0 Å². The van der Waals surface area contributed by atoms with Crippen LogP contribution < -0.4 is 10.1 Å². The third-order valence-electron chi connectivity index (χ3n) is 3.30. The second kappa shape index (κ2) is 6.34. The van der Waals surface area contributed by atoms with Crippen LogP contribution in [0.1, 0.15) is 37.8 Å². The van der Waals surface area contributed by atoms with Crippen LogP contribution in [-0.4, -0.2) is 23.6 Å². The molecule has 1 aromatic carbocycles. The fraction of sp³-hybridized carbons (Fsp3) is 0.571. The fourth-order valence-electron chi connectivity index (χ4n) is 2.35. The summed E-state index contributed by atoms with van der Waals surface area (Å²) in [5.41, 5.74) is 1.15. The third kappa shape index (κ3) is 2.93. The van der Waals surface area contributed by atoms with Crippen LogP contribution in [0.25, 0.3) is 0 Å². The van der Waals surface area contributed by atoms with Crippen molar-refractivity contribution in [2.24, 2.45) is 0 Å². The number of fused-ring (bicyclic) bond motifs is 1. The van der Waals surface area contributed by atoms with E-state index in [9.17, 15) is 4.21 Å². The molecule has 0 fully saturated rings. The lowest BCUT2D eigenvalue weighted by Crippen LogP contribution is -2.22. The molecule has 2 rings (SSSR count). The molecule has 1 N–H and O–H groups in total. The Hall–Kier alpha value is -0.870. The molecule has 1 heterocycles. The van der Waals surface area contributed by atoms with E-state index in [1.54, 1.807) is 7.11 Å². The van der Waals surface area contributed by atoms with Crippen molar-refractivity contribution in [3.05, 3.63) is 23.8 Å². The normalized spacial score (nSPS) is 23.2. The molecule has 1 aromatic rings. The van der Waals surface area contributed by atoms with Crippen LogP contribution in [-0.2, 0) is 10.8 Å². The smallest absolute Gasteiger partial charge is 0.119 e. The first-order valence-corrected chi connectivity index (χ1v) is 7.88. The van der Waals surface area contributed by atoms with Crippen molar-refractivity contribution in [2.75, 3.05) is 19.4 Å². The van der Waals surface area contributed by atoms with Crippen molar-refractivity contribution in [3.63, 3.8) is 0 Å². The van der Waals surface area contributed by atoms with E-state index < -0.39 is 10.8 Å². The van der Waals surface area contributed by atoms with Gasteiger partial charge in [-0.1, -0.05) is 6.92 Å². The number of methoxy groups -OCH3 is 1. The molecule has 2 unspecified atom stereocenters. The Labute approximate surface area is 111 Å². The van der Waals surface area contributed by atoms with Gasteiger partial charge in [-0.25, -0.2) is 0 Å². The summed E-state index contributed by atoms with van der Waals surface area (Å²) >= 11 is 0. The molecular weight excluding hydrogens is 246 g/mol. The lowest BCUT2D eigenvalue weighted by molar-refractivity contribution is 0.411. The predicted octanol–water partition coefficient (Wildman–Crippen LogP) is 2.64. The zero-order chi connectivity index (χ0) is 13.0. The number of hydrogen-bond donors (Lipinski definition) is 1. The van der Waals surface area contributed by atoms with E-state index in [2.05, 4.69) is 12.2 Å². The Morgan fingerprint density at radius 1 is 1.50 bits per heavy atom. The van der Waals surface area contributed by atoms with E-state index in [-0.39, 0.29) is 0 Å². The first-order valence-electron chi connectivity index (χ1n) is 6.56. The zero-order valence-electron chi connectivity index (χ0n) is 11.1. The summed E-state index contributed by atoms with van der Waals surface area (Å²) in [6.45, 7) is 3.16. The van der Waals surface area contributed by atoms with Gasteiger partial charge in [0.2, 0.25) is 0 Å². The topological polar surface area (TPSA) is 38.3 Å². The van der Waals surface area contributed by atoms with Crippen LogP contribution in [0.5, 0.6) is 5.75 Å². The molecule has 0 spiro atoms. The predicted molar refractivity (Wildman–Crippen MR) is 74.5 cm³/mol. The summed E-state index contributed by atoms with van der Waals surface area (Å²) in [7, 11) is 0.806. The molecule has 0 saturated heterocycles. The summed E-state index contributed by atoms with van der Waals surface area (Å²) < 4.78 is 17.4. The SMILES string of the molecule is CCCNC1CCCS(=O)c2ccc(OC)cc21. The summed E-state index contributed by atoms with van der Waals surface area (Å²) in [5.74, 6) is 1.61. The molecule has 4 heteroatoms. The van der Waals surface area contributed by atoms with Gasteiger partial charge >= 0.3 is 0 Å². The Morgan fingerprint density at radius 2 is 2.33 bits per heavy atom.